The summed E-state index contributed by atoms with van der Waals surface area (Å²) in [6, 6.07) is 7.79. The van der Waals surface area contributed by atoms with Gasteiger partial charge >= 0.3 is 0 Å². The standard InChI is InChI=1S/C13H12BrFN2O/c1-2-16-13-8-10(5-6-17-13)18-12-7-9(15)3-4-11(12)14/h3-8H,2H2,1H3,(H,16,17). The van der Waals surface area contributed by atoms with E-state index in [2.05, 4.69) is 26.2 Å². The number of halogens is 2. The molecule has 18 heavy (non-hydrogen) atoms. The predicted octanol–water partition coefficient (Wildman–Crippen LogP) is 4.21. The summed E-state index contributed by atoms with van der Waals surface area (Å²) in [4.78, 5) is 4.13. The van der Waals surface area contributed by atoms with Crippen LogP contribution in [0.25, 0.3) is 0 Å². The van der Waals surface area contributed by atoms with E-state index in [1.807, 2.05) is 6.92 Å². The van der Waals surface area contributed by atoms with Gasteiger partial charge in [0.1, 0.15) is 23.1 Å². The molecule has 1 N–H and O–H groups in total. The molecule has 0 saturated carbocycles. The molecule has 0 amide bonds. The molecule has 0 bridgehead atoms. The minimum absolute atomic E-state index is 0.339. The highest BCUT2D eigenvalue weighted by Crippen LogP contribution is 2.30. The molecule has 1 heterocycles. The summed E-state index contributed by atoms with van der Waals surface area (Å²) >= 11 is 3.31. The summed E-state index contributed by atoms with van der Waals surface area (Å²) in [5.74, 6) is 1.42. The van der Waals surface area contributed by atoms with Crippen LogP contribution in [0, 0.1) is 5.82 Å². The second kappa shape index (κ2) is 5.82. The largest absolute Gasteiger partial charge is 0.456 e. The number of pyridine rings is 1. The van der Waals surface area contributed by atoms with Gasteiger partial charge in [-0.3, -0.25) is 0 Å². The minimum atomic E-state index is -0.339. The van der Waals surface area contributed by atoms with Crippen molar-refractivity contribution in [1.82, 2.24) is 4.98 Å². The lowest BCUT2D eigenvalue weighted by Gasteiger charge is -2.09. The SMILES string of the molecule is CCNc1cc(Oc2cc(F)ccc2Br)ccn1. The van der Waals surface area contributed by atoms with Crippen molar-refractivity contribution in [3.8, 4) is 11.5 Å². The molecule has 0 spiro atoms. The van der Waals surface area contributed by atoms with Crippen molar-refractivity contribution < 1.29 is 9.13 Å². The molecule has 5 heteroatoms. The van der Waals surface area contributed by atoms with Crippen LogP contribution < -0.4 is 10.1 Å². The average molecular weight is 311 g/mol. The van der Waals surface area contributed by atoms with Gasteiger partial charge in [-0.1, -0.05) is 0 Å². The maximum atomic E-state index is 13.1. The van der Waals surface area contributed by atoms with Crippen LogP contribution in [0.2, 0.25) is 0 Å². The molecule has 0 radical (unpaired) electrons. The van der Waals surface area contributed by atoms with Crippen molar-refractivity contribution in [1.29, 1.82) is 0 Å². The van der Waals surface area contributed by atoms with Gasteiger partial charge in [-0.25, -0.2) is 9.37 Å². The van der Waals surface area contributed by atoms with Gasteiger partial charge in [-0.15, -0.1) is 0 Å². The number of benzene rings is 1. The zero-order valence-corrected chi connectivity index (χ0v) is 11.4. The van der Waals surface area contributed by atoms with Crippen LogP contribution in [0.1, 0.15) is 6.92 Å². The molecular formula is C13H12BrFN2O. The van der Waals surface area contributed by atoms with E-state index in [4.69, 9.17) is 4.74 Å². The topological polar surface area (TPSA) is 34.1 Å². The summed E-state index contributed by atoms with van der Waals surface area (Å²) in [6.07, 6.45) is 1.64. The minimum Gasteiger partial charge on any atom is -0.456 e. The van der Waals surface area contributed by atoms with Crippen molar-refractivity contribution in [2.75, 3.05) is 11.9 Å². The highest BCUT2D eigenvalue weighted by atomic mass is 79.9. The van der Waals surface area contributed by atoms with Gasteiger partial charge in [0.15, 0.2) is 0 Å². The van der Waals surface area contributed by atoms with Gasteiger partial charge < -0.3 is 10.1 Å². The first kappa shape index (κ1) is 12.8. The Morgan fingerprint density at radius 3 is 2.94 bits per heavy atom. The van der Waals surface area contributed by atoms with Crippen molar-refractivity contribution in [2.24, 2.45) is 0 Å². The number of aromatic nitrogens is 1. The van der Waals surface area contributed by atoms with Crippen LogP contribution in [0.4, 0.5) is 10.2 Å². The van der Waals surface area contributed by atoms with Crippen molar-refractivity contribution in [2.45, 2.75) is 6.92 Å². The Balaban J connectivity index is 2.22. The van der Waals surface area contributed by atoms with Gasteiger partial charge in [-0.05, 0) is 41.1 Å². The van der Waals surface area contributed by atoms with E-state index in [0.717, 1.165) is 12.4 Å². The van der Waals surface area contributed by atoms with E-state index in [0.29, 0.717) is 16.0 Å². The Morgan fingerprint density at radius 2 is 2.17 bits per heavy atom. The fourth-order valence-electron chi connectivity index (χ4n) is 1.43. The monoisotopic (exact) mass is 310 g/mol. The van der Waals surface area contributed by atoms with E-state index < -0.39 is 0 Å². The molecule has 2 rings (SSSR count). The van der Waals surface area contributed by atoms with Crippen molar-refractivity contribution in [3.63, 3.8) is 0 Å². The van der Waals surface area contributed by atoms with E-state index in [1.54, 1.807) is 24.4 Å². The Labute approximate surface area is 113 Å². The van der Waals surface area contributed by atoms with Crippen LogP contribution in [0.15, 0.2) is 41.0 Å². The summed E-state index contributed by atoms with van der Waals surface area (Å²) in [6.45, 7) is 2.76. The molecule has 94 valence electrons. The van der Waals surface area contributed by atoms with Gasteiger partial charge in [0.05, 0.1) is 4.47 Å². The molecule has 0 atom stereocenters. The van der Waals surface area contributed by atoms with Crippen LogP contribution >= 0.6 is 15.9 Å². The molecule has 1 aromatic carbocycles. The van der Waals surface area contributed by atoms with E-state index in [-0.39, 0.29) is 5.82 Å². The zero-order chi connectivity index (χ0) is 13.0. The highest BCUT2D eigenvalue weighted by molar-refractivity contribution is 9.10. The third-order valence-corrected chi connectivity index (χ3v) is 2.87. The second-order valence-electron chi connectivity index (χ2n) is 3.58. The van der Waals surface area contributed by atoms with Gasteiger partial charge in [-0.2, -0.15) is 0 Å². The average Bonchev–Trinajstić information content (AvgIpc) is 2.35. The third kappa shape index (κ3) is 3.20. The summed E-state index contributed by atoms with van der Waals surface area (Å²) in [5.41, 5.74) is 0. The van der Waals surface area contributed by atoms with Crippen molar-refractivity contribution in [3.05, 3.63) is 46.8 Å². The Morgan fingerprint density at radius 1 is 1.33 bits per heavy atom. The zero-order valence-electron chi connectivity index (χ0n) is 9.78. The Bertz CT molecular complexity index is 548. The maximum Gasteiger partial charge on any atom is 0.144 e. The molecule has 0 aliphatic carbocycles. The van der Waals surface area contributed by atoms with Gasteiger partial charge in [0.25, 0.3) is 0 Å². The molecule has 0 aliphatic heterocycles. The smallest absolute Gasteiger partial charge is 0.144 e. The van der Waals surface area contributed by atoms with Gasteiger partial charge in [0.2, 0.25) is 0 Å². The molecule has 0 aliphatic rings. The Kier molecular flexibility index (Phi) is 4.15. The van der Waals surface area contributed by atoms with Crippen LogP contribution in [0.5, 0.6) is 11.5 Å². The molecule has 3 nitrogen and oxygen atoms in total. The number of ether oxygens (including phenoxy) is 1. The number of hydrogen-bond acceptors (Lipinski definition) is 3. The van der Waals surface area contributed by atoms with E-state index >= 15 is 0 Å². The lowest BCUT2D eigenvalue weighted by atomic mass is 10.3. The van der Waals surface area contributed by atoms with E-state index in [1.165, 1.54) is 12.1 Å². The maximum absolute atomic E-state index is 13.1. The number of nitrogens with one attached hydrogen (secondary N) is 1. The third-order valence-electron chi connectivity index (χ3n) is 2.21. The lowest BCUT2D eigenvalue weighted by Crippen LogP contribution is -1.98. The van der Waals surface area contributed by atoms with Gasteiger partial charge in [0, 0.05) is 24.9 Å². The first-order valence-electron chi connectivity index (χ1n) is 5.52. The van der Waals surface area contributed by atoms with Crippen LogP contribution in [-0.2, 0) is 0 Å². The molecule has 0 fully saturated rings. The Hall–Kier alpha value is -1.62. The number of anilines is 1. The number of rotatable bonds is 4. The fraction of sp³-hybridized carbons (Fsp3) is 0.154. The first-order valence-corrected chi connectivity index (χ1v) is 6.31. The second-order valence-corrected chi connectivity index (χ2v) is 4.44. The summed E-state index contributed by atoms with van der Waals surface area (Å²) in [5, 5.41) is 3.08. The van der Waals surface area contributed by atoms with E-state index in [9.17, 15) is 4.39 Å². The number of hydrogen-bond donors (Lipinski definition) is 1. The fourth-order valence-corrected chi connectivity index (χ4v) is 1.76. The van der Waals surface area contributed by atoms with Crippen molar-refractivity contribution >= 4 is 21.7 Å². The highest BCUT2D eigenvalue weighted by Gasteiger charge is 2.05. The summed E-state index contributed by atoms with van der Waals surface area (Å²) in [7, 11) is 0. The quantitative estimate of drug-likeness (QED) is 0.918. The predicted molar refractivity (Wildman–Crippen MR) is 72.6 cm³/mol. The van der Waals surface area contributed by atoms with Crippen LogP contribution in [-0.4, -0.2) is 11.5 Å². The lowest BCUT2D eigenvalue weighted by molar-refractivity contribution is 0.473. The first-order chi connectivity index (χ1) is 8.69. The molecule has 1 aromatic heterocycles. The molecule has 0 saturated heterocycles. The summed E-state index contributed by atoms with van der Waals surface area (Å²) < 4.78 is 19.4. The molecular weight excluding hydrogens is 299 g/mol. The molecule has 0 unspecified atom stereocenters. The molecule has 2 aromatic rings. The number of nitrogens with zero attached hydrogens (tertiary/aromatic N) is 1. The normalized spacial score (nSPS) is 10.2. The van der Waals surface area contributed by atoms with Crippen LogP contribution in [0.3, 0.4) is 0 Å².